The molecule has 1 aromatic heterocycles. The second kappa shape index (κ2) is 7.27. The molecule has 0 saturated heterocycles. The van der Waals surface area contributed by atoms with Gasteiger partial charge in [-0.05, 0) is 53.7 Å². The van der Waals surface area contributed by atoms with E-state index in [1.54, 1.807) is 0 Å². The summed E-state index contributed by atoms with van der Waals surface area (Å²) in [5.41, 5.74) is 13.6. The lowest BCUT2D eigenvalue weighted by Crippen LogP contribution is -2.86. The third kappa shape index (κ3) is 2.71. The maximum Gasteiger partial charge on any atom is 0.420 e. The molecule has 2 aliphatic rings. The molecule has 0 atom stereocenters. The summed E-state index contributed by atoms with van der Waals surface area (Å²) in [6.45, 7) is 16.2. The van der Waals surface area contributed by atoms with Crippen molar-refractivity contribution in [2.45, 2.75) is 48.4 Å². The van der Waals surface area contributed by atoms with Gasteiger partial charge in [-0.1, -0.05) is 82.6 Å². The van der Waals surface area contributed by atoms with Crippen LogP contribution >= 0.6 is 0 Å². The van der Waals surface area contributed by atoms with E-state index in [0.29, 0.717) is 0 Å². The molecule has 4 heteroatoms. The van der Waals surface area contributed by atoms with Crippen LogP contribution in [0, 0.1) is 41.5 Å². The Morgan fingerprint density at radius 2 is 1.31 bits per heavy atom. The van der Waals surface area contributed by atoms with Gasteiger partial charge in [0.1, 0.15) is 6.20 Å². The van der Waals surface area contributed by atoms with Gasteiger partial charge < -0.3 is 9.20 Å². The van der Waals surface area contributed by atoms with Crippen LogP contribution in [-0.2, 0) is 0 Å². The number of nitrogens with zero attached hydrogens (tertiary/aromatic N) is 2. The lowest BCUT2D eigenvalue weighted by atomic mass is 9.29. The van der Waals surface area contributed by atoms with Gasteiger partial charge in [-0.3, -0.25) is 0 Å². The number of rotatable bonds is 2. The molecule has 0 fully saturated rings. The smallest absolute Gasteiger partial charge is 0.420 e. The molecular weight excluding hydrogens is 386 g/mol. The number of hydrogen-bond donors (Lipinski definition) is 0. The van der Waals surface area contributed by atoms with Crippen LogP contribution in [0.4, 0.5) is 0 Å². The number of pyridine rings is 1. The quantitative estimate of drug-likeness (QED) is 0.563. The lowest BCUT2D eigenvalue weighted by Gasteiger charge is -2.48. The monoisotopic (exact) mass is 418 g/mol. The molecule has 160 valence electrons. The zero-order valence-electron chi connectivity index (χ0n) is 20.4. The van der Waals surface area contributed by atoms with Crippen molar-refractivity contribution < 1.29 is 4.48 Å². The molecule has 0 N–H and O–H groups in total. The fourth-order valence-electron chi connectivity index (χ4n) is 6.95. The standard InChI is InChI=1S/C28H32B2N2/c1-19-15-21(3)27(22(4)16-19)30(28-23(5)17-20(2)18-24(28)6)31-14-9-8-11-25(31)26-12-10-13-29(7)32(26)30/h8-18H,1-7H3. The summed E-state index contributed by atoms with van der Waals surface area (Å²) in [6.07, 6.45) is 5.40. The van der Waals surface area contributed by atoms with Crippen LogP contribution < -0.4 is 15.4 Å². The summed E-state index contributed by atoms with van der Waals surface area (Å²) in [6, 6.07) is 16.1. The summed E-state index contributed by atoms with van der Waals surface area (Å²) in [4.78, 5) is 0. The van der Waals surface area contributed by atoms with Gasteiger partial charge in [0.15, 0.2) is 5.69 Å². The third-order valence-corrected chi connectivity index (χ3v) is 7.60. The van der Waals surface area contributed by atoms with E-state index >= 15 is 0 Å². The Bertz CT molecular complexity index is 1220. The largest absolute Gasteiger partial charge is 0.516 e. The van der Waals surface area contributed by atoms with Gasteiger partial charge in [-0.25, -0.2) is 0 Å². The lowest BCUT2D eigenvalue weighted by molar-refractivity contribution is -0.542. The molecule has 0 radical (unpaired) electrons. The summed E-state index contributed by atoms with van der Waals surface area (Å²) in [7, 11) is 0. The molecule has 0 saturated carbocycles. The van der Waals surface area contributed by atoms with Crippen LogP contribution in [0.2, 0.25) is 6.82 Å². The van der Waals surface area contributed by atoms with Gasteiger partial charge in [0.2, 0.25) is 6.85 Å². The van der Waals surface area contributed by atoms with Crippen LogP contribution in [0.3, 0.4) is 0 Å². The molecule has 0 bridgehead atoms. The Hall–Kier alpha value is -3.00. The molecule has 2 aliphatic heterocycles. The van der Waals surface area contributed by atoms with Crippen LogP contribution in [0.25, 0.3) is 5.70 Å². The fraction of sp³-hybridized carbons (Fsp3) is 0.250. The number of hydrogen-bond acceptors (Lipinski definition) is 1. The summed E-state index contributed by atoms with van der Waals surface area (Å²) >= 11 is 0. The molecule has 3 heterocycles. The van der Waals surface area contributed by atoms with Gasteiger partial charge >= 0.3 is 6.42 Å². The number of fused-ring (bicyclic) bond motifs is 3. The predicted molar refractivity (Wildman–Crippen MR) is 139 cm³/mol. The molecule has 0 amide bonds. The highest BCUT2D eigenvalue weighted by atomic mass is 15.2. The van der Waals surface area contributed by atoms with Crippen molar-refractivity contribution in [3.63, 3.8) is 0 Å². The van der Waals surface area contributed by atoms with Gasteiger partial charge in [-0.15, -0.1) is 10.9 Å². The Kier molecular flexibility index (Phi) is 4.74. The van der Waals surface area contributed by atoms with Crippen LogP contribution in [0.15, 0.2) is 66.8 Å². The average Bonchev–Trinajstić information content (AvgIpc) is 2.99. The molecule has 0 spiro atoms. The summed E-state index contributed by atoms with van der Waals surface area (Å²) in [5.74, 6) is 2.34. The Morgan fingerprint density at radius 1 is 0.781 bits per heavy atom. The average molecular weight is 418 g/mol. The van der Waals surface area contributed by atoms with E-state index in [1.807, 2.05) is 0 Å². The van der Waals surface area contributed by atoms with Gasteiger partial charge in [0, 0.05) is 6.07 Å². The van der Waals surface area contributed by atoms with E-state index in [-0.39, 0.29) is 6.85 Å². The molecule has 3 aromatic rings. The second-order valence-electron chi connectivity index (χ2n) is 9.98. The van der Waals surface area contributed by atoms with E-state index in [1.165, 1.54) is 55.7 Å². The molecule has 0 unspecified atom stereocenters. The van der Waals surface area contributed by atoms with E-state index in [0.717, 1.165) is 0 Å². The van der Waals surface area contributed by atoms with Crippen LogP contribution in [0.1, 0.15) is 39.1 Å². The fourth-order valence-corrected chi connectivity index (χ4v) is 6.95. The molecule has 2 nitrogen and oxygen atoms in total. The van der Waals surface area contributed by atoms with E-state index in [2.05, 4.69) is 124 Å². The summed E-state index contributed by atoms with van der Waals surface area (Å²) < 4.78 is 5.30. The van der Waals surface area contributed by atoms with E-state index < -0.39 is 6.42 Å². The molecule has 0 aliphatic carbocycles. The van der Waals surface area contributed by atoms with Gasteiger partial charge in [-0.2, -0.15) is 0 Å². The molecule has 2 aromatic carbocycles. The normalized spacial score (nSPS) is 16.2. The van der Waals surface area contributed by atoms with Crippen molar-refractivity contribution in [2.24, 2.45) is 0 Å². The first-order valence-corrected chi connectivity index (χ1v) is 11.8. The molecule has 32 heavy (non-hydrogen) atoms. The minimum atomic E-state index is -1.43. The number of allylic oxidation sites excluding steroid dienone is 2. The van der Waals surface area contributed by atoms with E-state index in [4.69, 9.17) is 0 Å². The minimum Gasteiger partial charge on any atom is -0.516 e. The highest BCUT2D eigenvalue weighted by Gasteiger charge is 2.57. The summed E-state index contributed by atoms with van der Waals surface area (Å²) in [5, 5.41) is 0. The Morgan fingerprint density at radius 3 is 1.84 bits per heavy atom. The predicted octanol–water partition coefficient (Wildman–Crippen LogP) is 4.32. The van der Waals surface area contributed by atoms with Crippen molar-refractivity contribution in [1.29, 1.82) is 0 Å². The highest BCUT2D eigenvalue weighted by Crippen LogP contribution is 2.35. The topological polar surface area (TPSA) is 7.12 Å². The van der Waals surface area contributed by atoms with Crippen molar-refractivity contribution in [1.82, 2.24) is 4.72 Å². The number of aromatic nitrogens is 1. The Balaban J connectivity index is 2.03. The molecule has 5 rings (SSSR count). The van der Waals surface area contributed by atoms with Crippen LogP contribution in [-0.4, -0.2) is 18.0 Å². The van der Waals surface area contributed by atoms with Gasteiger partial charge in [0.05, 0.1) is 5.70 Å². The first-order valence-electron chi connectivity index (χ1n) is 11.8. The minimum absolute atomic E-state index is 0.287. The van der Waals surface area contributed by atoms with Crippen molar-refractivity contribution >= 4 is 29.9 Å². The zero-order valence-corrected chi connectivity index (χ0v) is 20.4. The maximum atomic E-state index is 2.71. The Labute approximate surface area is 193 Å². The zero-order chi connectivity index (χ0) is 22.8. The first kappa shape index (κ1) is 20.9. The van der Waals surface area contributed by atoms with Gasteiger partial charge in [0.25, 0.3) is 0 Å². The van der Waals surface area contributed by atoms with Crippen molar-refractivity contribution in [2.75, 3.05) is 0 Å². The van der Waals surface area contributed by atoms with E-state index in [9.17, 15) is 0 Å². The third-order valence-electron chi connectivity index (χ3n) is 7.60. The van der Waals surface area contributed by atoms with Crippen molar-refractivity contribution in [3.8, 4) is 0 Å². The number of benzene rings is 2. The number of aryl methyl sites for hydroxylation is 6. The first-order chi connectivity index (χ1) is 15.3. The van der Waals surface area contributed by atoms with Crippen LogP contribution in [0.5, 0.6) is 0 Å². The maximum absolute atomic E-state index is 2.71. The SMILES string of the molecule is CB1C=CC=C2c3cccc[n+]3[B-](c3c(C)cc(C)cc3C)(c3c(C)cc(C)cc3C)N12. The molecular formula is C28H32B2N2. The highest BCUT2D eigenvalue weighted by molar-refractivity contribution is 7.01. The second-order valence-corrected chi connectivity index (χ2v) is 9.98. The van der Waals surface area contributed by atoms with Crippen molar-refractivity contribution in [3.05, 3.63) is 106 Å².